The zero-order valence-corrected chi connectivity index (χ0v) is 13.3. The molecular weight excluding hydrogens is 278 g/mol. The van der Waals surface area contributed by atoms with Gasteiger partial charge in [-0.3, -0.25) is 4.79 Å². The van der Waals surface area contributed by atoms with E-state index in [2.05, 4.69) is 42.6 Å². The maximum atomic E-state index is 12.2. The van der Waals surface area contributed by atoms with E-state index in [-0.39, 0.29) is 5.91 Å². The Morgan fingerprint density at radius 1 is 1.24 bits per heavy atom. The molecule has 1 heterocycles. The lowest BCUT2D eigenvalue weighted by Crippen LogP contribution is -2.24. The van der Waals surface area contributed by atoms with Crippen molar-refractivity contribution in [1.29, 1.82) is 0 Å². The Morgan fingerprint density at radius 3 is 2.90 bits per heavy atom. The molecule has 21 heavy (non-hydrogen) atoms. The van der Waals surface area contributed by atoms with Crippen molar-refractivity contribution in [2.24, 2.45) is 0 Å². The van der Waals surface area contributed by atoms with E-state index in [1.54, 1.807) is 11.3 Å². The molecule has 0 atom stereocenters. The van der Waals surface area contributed by atoms with Crippen LogP contribution in [0.3, 0.4) is 0 Å². The fourth-order valence-electron chi connectivity index (χ4n) is 2.88. The van der Waals surface area contributed by atoms with Crippen LogP contribution in [-0.2, 0) is 19.3 Å². The van der Waals surface area contributed by atoms with Gasteiger partial charge in [0.2, 0.25) is 0 Å². The first kappa shape index (κ1) is 14.3. The van der Waals surface area contributed by atoms with Crippen LogP contribution in [0.2, 0.25) is 0 Å². The third-order valence-electron chi connectivity index (χ3n) is 4.00. The van der Waals surface area contributed by atoms with Crippen LogP contribution in [0.4, 0.5) is 0 Å². The molecular formula is C18H21NOS. The van der Waals surface area contributed by atoms with Crippen molar-refractivity contribution in [2.45, 2.75) is 39.0 Å². The first-order valence-electron chi connectivity index (χ1n) is 7.68. The summed E-state index contributed by atoms with van der Waals surface area (Å²) in [6.07, 6.45) is 5.71. The molecule has 1 aliphatic carbocycles. The Morgan fingerprint density at radius 2 is 2.10 bits per heavy atom. The zero-order chi connectivity index (χ0) is 14.7. The fourth-order valence-corrected chi connectivity index (χ4v) is 4.05. The Kier molecular flexibility index (Phi) is 4.39. The molecule has 0 spiro atoms. The molecule has 0 saturated carbocycles. The van der Waals surface area contributed by atoms with E-state index in [0.717, 1.165) is 24.1 Å². The van der Waals surface area contributed by atoms with E-state index in [4.69, 9.17) is 0 Å². The van der Waals surface area contributed by atoms with E-state index in [0.29, 0.717) is 6.54 Å². The highest BCUT2D eigenvalue weighted by atomic mass is 32.1. The lowest BCUT2D eigenvalue weighted by atomic mass is 9.99. The Hall–Kier alpha value is -1.61. The van der Waals surface area contributed by atoms with Crippen LogP contribution in [0.15, 0.2) is 30.3 Å². The van der Waals surface area contributed by atoms with Crippen LogP contribution in [-0.4, -0.2) is 12.5 Å². The number of aryl methyl sites for hydroxylation is 3. The average molecular weight is 299 g/mol. The molecule has 3 rings (SSSR count). The number of nitrogens with one attached hydrogen (secondary N) is 1. The summed E-state index contributed by atoms with van der Waals surface area (Å²) >= 11 is 1.68. The predicted molar refractivity (Wildman–Crippen MR) is 88.2 cm³/mol. The van der Waals surface area contributed by atoms with Crippen LogP contribution in [0.1, 0.15) is 44.1 Å². The summed E-state index contributed by atoms with van der Waals surface area (Å²) in [5, 5.41) is 3.05. The van der Waals surface area contributed by atoms with Gasteiger partial charge in [0.25, 0.3) is 5.91 Å². The van der Waals surface area contributed by atoms with Gasteiger partial charge < -0.3 is 5.32 Å². The van der Waals surface area contributed by atoms with E-state index in [1.807, 2.05) is 0 Å². The van der Waals surface area contributed by atoms with Gasteiger partial charge in [0.1, 0.15) is 0 Å². The van der Waals surface area contributed by atoms with Crippen molar-refractivity contribution in [3.8, 4) is 0 Å². The van der Waals surface area contributed by atoms with Gasteiger partial charge in [-0.05, 0) is 56.2 Å². The van der Waals surface area contributed by atoms with Crippen molar-refractivity contribution in [3.05, 3.63) is 56.8 Å². The number of hydrogen-bond acceptors (Lipinski definition) is 2. The molecule has 0 saturated heterocycles. The molecule has 2 aromatic rings. The van der Waals surface area contributed by atoms with Crippen LogP contribution in [0.25, 0.3) is 0 Å². The number of fused-ring (bicyclic) bond motifs is 1. The van der Waals surface area contributed by atoms with E-state index in [9.17, 15) is 4.79 Å². The maximum absolute atomic E-state index is 12.2. The lowest BCUT2D eigenvalue weighted by Gasteiger charge is -2.08. The minimum Gasteiger partial charge on any atom is -0.351 e. The topological polar surface area (TPSA) is 29.1 Å². The summed E-state index contributed by atoms with van der Waals surface area (Å²) in [6.45, 7) is 2.79. The van der Waals surface area contributed by atoms with Crippen molar-refractivity contribution < 1.29 is 4.79 Å². The van der Waals surface area contributed by atoms with Gasteiger partial charge in [0.15, 0.2) is 0 Å². The summed E-state index contributed by atoms with van der Waals surface area (Å²) in [5.41, 5.74) is 3.95. The minimum atomic E-state index is 0.0852. The molecule has 1 aliphatic rings. The molecule has 3 heteroatoms. The molecule has 110 valence electrons. The van der Waals surface area contributed by atoms with Gasteiger partial charge in [-0.2, -0.15) is 0 Å². The van der Waals surface area contributed by atoms with E-state index >= 15 is 0 Å². The van der Waals surface area contributed by atoms with E-state index in [1.165, 1.54) is 34.4 Å². The highest BCUT2D eigenvalue weighted by molar-refractivity contribution is 7.14. The van der Waals surface area contributed by atoms with Crippen molar-refractivity contribution >= 4 is 17.2 Å². The average Bonchev–Trinajstić information content (AvgIpc) is 2.91. The molecule has 0 radical (unpaired) electrons. The quantitative estimate of drug-likeness (QED) is 0.911. The van der Waals surface area contributed by atoms with Gasteiger partial charge in [0.05, 0.1) is 4.88 Å². The molecule has 0 bridgehead atoms. The summed E-state index contributed by atoms with van der Waals surface area (Å²) in [5.74, 6) is 0.0852. The lowest BCUT2D eigenvalue weighted by molar-refractivity contribution is 0.0958. The monoisotopic (exact) mass is 299 g/mol. The van der Waals surface area contributed by atoms with Crippen LogP contribution in [0, 0.1) is 6.92 Å². The maximum Gasteiger partial charge on any atom is 0.261 e. The third kappa shape index (κ3) is 3.53. The smallest absolute Gasteiger partial charge is 0.261 e. The summed E-state index contributed by atoms with van der Waals surface area (Å²) < 4.78 is 0. The van der Waals surface area contributed by atoms with Crippen molar-refractivity contribution in [2.75, 3.05) is 6.54 Å². The van der Waals surface area contributed by atoms with Gasteiger partial charge in [-0.25, -0.2) is 0 Å². The molecule has 2 nitrogen and oxygen atoms in total. The summed E-state index contributed by atoms with van der Waals surface area (Å²) in [4.78, 5) is 14.5. The second-order valence-electron chi connectivity index (χ2n) is 5.76. The number of carbonyl (C=O) groups is 1. The first-order valence-corrected chi connectivity index (χ1v) is 8.49. The Balaban J connectivity index is 1.55. The number of hydrogen-bond donors (Lipinski definition) is 1. The highest BCUT2D eigenvalue weighted by Gasteiger charge is 2.16. The molecule has 1 aromatic heterocycles. The molecule has 0 aliphatic heterocycles. The first-order chi connectivity index (χ1) is 10.2. The highest BCUT2D eigenvalue weighted by Crippen LogP contribution is 2.29. The van der Waals surface area contributed by atoms with Gasteiger partial charge in [-0.15, -0.1) is 11.3 Å². The molecule has 0 fully saturated rings. The number of benzene rings is 1. The molecule has 1 N–H and O–H groups in total. The van der Waals surface area contributed by atoms with Gasteiger partial charge >= 0.3 is 0 Å². The number of thiophene rings is 1. The SMILES string of the molecule is Cc1cccc(CCNC(=O)c2cc3c(s2)CCCC3)c1. The summed E-state index contributed by atoms with van der Waals surface area (Å²) in [7, 11) is 0. The Bertz CT molecular complexity index is 621. The van der Waals surface area contributed by atoms with E-state index < -0.39 is 0 Å². The molecule has 1 amide bonds. The Labute approximate surface area is 130 Å². The normalized spacial score (nSPS) is 13.8. The molecule has 0 unspecified atom stereocenters. The second kappa shape index (κ2) is 6.44. The van der Waals surface area contributed by atoms with Gasteiger partial charge in [-0.1, -0.05) is 29.8 Å². The second-order valence-corrected chi connectivity index (χ2v) is 6.90. The third-order valence-corrected chi connectivity index (χ3v) is 5.24. The zero-order valence-electron chi connectivity index (χ0n) is 12.4. The van der Waals surface area contributed by atoms with Crippen molar-refractivity contribution in [3.63, 3.8) is 0 Å². The number of carbonyl (C=O) groups excluding carboxylic acids is 1. The molecule has 1 aromatic carbocycles. The van der Waals surface area contributed by atoms with Crippen molar-refractivity contribution in [1.82, 2.24) is 5.32 Å². The van der Waals surface area contributed by atoms with Gasteiger partial charge in [0, 0.05) is 11.4 Å². The fraction of sp³-hybridized carbons (Fsp3) is 0.389. The van der Waals surface area contributed by atoms with Crippen LogP contribution in [0.5, 0.6) is 0 Å². The number of rotatable bonds is 4. The summed E-state index contributed by atoms with van der Waals surface area (Å²) in [6, 6.07) is 10.6. The van der Waals surface area contributed by atoms with Crippen LogP contribution < -0.4 is 5.32 Å². The van der Waals surface area contributed by atoms with Crippen LogP contribution >= 0.6 is 11.3 Å². The minimum absolute atomic E-state index is 0.0852. The predicted octanol–water partition coefficient (Wildman–Crippen LogP) is 3.91. The number of amides is 1. The largest absolute Gasteiger partial charge is 0.351 e. The standard InChI is InChI=1S/C18H21NOS/c1-13-5-4-6-14(11-13)9-10-19-18(20)17-12-15-7-2-3-8-16(15)21-17/h4-6,11-12H,2-3,7-10H2,1H3,(H,19,20).